The van der Waals surface area contributed by atoms with Gasteiger partial charge in [-0.15, -0.1) is 0 Å². The number of para-hydroxylation sites is 1. The maximum atomic E-state index is 13.1. The Bertz CT molecular complexity index is 1130. The molecule has 7 heteroatoms. The maximum absolute atomic E-state index is 13.1. The molecule has 156 valence electrons. The summed E-state index contributed by atoms with van der Waals surface area (Å²) in [6.07, 6.45) is 7.11. The largest absolute Gasteiger partial charge is 0.296 e. The molecule has 3 aromatic rings. The number of aryl methyl sites for hydroxylation is 2. The molecule has 0 N–H and O–H groups in total. The third-order valence-electron chi connectivity index (χ3n) is 6.10. The van der Waals surface area contributed by atoms with Crippen molar-refractivity contribution in [1.29, 1.82) is 0 Å². The zero-order chi connectivity index (χ0) is 20.6. The van der Waals surface area contributed by atoms with Crippen molar-refractivity contribution in [1.82, 2.24) is 19.0 Å². The quantitative estimate of drug-likeness (QED) is 0.634. The van der Waals surface area contributed by atoms with Crippen LogP contribution in [-0.2, 0) is 29.4 Å². The molecule has 1 saturated heterocycles. The first-order chi connectivity index (χ1) is 14.6. The molecule has 0 saturated carbocycles. The Kier molecular flexibility index (Phi) is 5.18. The number of aromatic nitrogens is 2. The average molecular weight is 423 g/mol. The van der Waals surface area contributed by atoms with Gasteiger partial charge in [0.2, 0.25) is 10.0 Å². The SMILES string of the molecule is O=S(=O)(c1ccc2c(c1)CCC2)N1CCN(Cc2cnn(-c3ccccc3)c2)CC1. The fourth-order valence-corrected chi connectivity index (χ4v) is 5.88. The van der Waals surface area contributed by atoms with E-state index >= 15 is 0 Å². The first kappa shape index (κ1) is 19.5. The summed E-state index contributed by atoms with van der Waals surface area (Å²) in [7, 11) is -3.42. The number of piperazine rings is 1. The van der Waals surface area contributed by atoms with Gasteiger partial charge in [-0.25, -0.2) is 13.1 Å². The number of sulfonamides is 1. The Morgan fingerprint density at radius 3 is 2.47 bits per heavy atom. The Morgan fingerprint density at radius 1 is 0.900 bits per heavy atom. The average Bonchev–Trinajstić information content (AvgIpc) is 3.44. The van der Waals surface area contributed by atoms with Crippen molar-refractivity contribution in [2.75, 3.05) is 26.2 Å². The van der Waals surface area contributed by atoms with Crippen molar-refractivity contribution in [3.63, 3.8) is 0 Å². The van der Waals surface area contributed by atoms with E-state index < -0.39 is 10.0 Å². The molecule has 2 aromatic carbocycles. The van der Waals surface area contributed by atoms with Crippen molar-refractivity contribution in [2.45, 2.75) is 30.7 Å². The Morgan fingerprint density at radius 2 is 1.67 bits per heavy atom. The van der Waals surface area contributed by atoms with E-state index in [1.165, 1.54) is 11.1 Å². The molecular formula is C23H26N4O2S. The first-order valence-corrected chi connectivity index (χ1v) is 12.0. The van der Waals surface area contributed by atoms with Gasteiger partial charge in [0, 0.05) is 44.5 Å². The predicted octanol–water partition coefficient (Wildman–Crippen LogP) is 2.87. The molecule has 1 fully saturated rings. The fourth-order valence-electron chi connectivity index (χ4n) is 4.41. The van der Waals surface area contributed by atoms with Crippen LogP contribution in [0.2, 0.25) is 0 Å². The van der Waals surface area contributed by atoms with Crippen LogP contribution >= 0.6 is 0 Å². The highest BCUT2D eigenvalue weighted by molar-refractivity contribution is 7.89. The van der Waals surface area contributed by atoms with E-state index in [0.29, 0.717) is 18.0 Å². The van der Waals surface area contributed by atoms with Gasteiger partial charge in [-0.05, 0) is 54.7 Å². The van der Waals surface area contributed by atoms with Crippen molar-refractivity contribution < 1.29 is 8.42 Å². The second-order valence-electron chi connectivity index (χ2n) is 8.09. The topological polar surface area (TPSA) is 58.4 Å². The molecule has 1 aliphatic carbocycles. The van der Waals surface area contributed by atoms with Crippen molar-refractivity contribution in [3.8, 4) is 5.69 Å². The smallest absolute Gasteiger partial charge is 0.243 e. The molecule has 0 spiro atoms. The van der Waals surface area contributed by atoms with Crippen molar-refractivity contribution in [3.05, 3.63) is 77.6 Å². The number of nitrogens with zero attached hydrogens (tertiary/aromatic N) is 4. The van der Waals surface area contributed by atoms with E-state index in [-0.39, 0.29) is 0 Å². The summed E-state index contributed by atoms with van der Waals surface area (Å²) in [6.45, 7) is 3.26. The number of rotatable bonds is 5. The lowest BCUT2D eigenvalue weighted by Crippen LogP contribution is -2.48. The van der Waals surface area contributed by atoms with Crippen LogP contribution in [0, 0.1) is 0 Å². The van der Waals surface area contributed by atoms with E-state index in [4.69, 9.17) is 0 Å². The highest BCUT2D eigenvalue weighted by atomic mass is 32.2. The monoisotopic (exact) mass is 422 g/mol. The zero-order valence-electron chi connectivity index (χ0n) is 16.9. The molecule has 0 unspecified atom stereocenters. The van der Waals surface area contributed by atoms with E-state index in [9.17, 15) is 8.42 Å². The van der Waals surface area contributed by atoms with Crippen LogP contribution < -0.4 is 0 Å². The highest BCUT2D eigenvalue weighted by Crippen LogP contribution is 2.27. The van der Waals surface area contributed by atoms with Crippen molar-refractivity contribution >= 4 is 10.0 Å². The summed E-state index contributed by atoms with van der Waals surface area (Å²) >= 11 is 0. The van der Waals surface area contributed by atoms with Gasteiger partial charge in [0.1, 0.15) is 0 Å². The third kappa shape index (κ3) is 3.80. The minimum Gasteiger partial charge on any atom is -0.296 e. The maximum Gasteiger partial charge on any atom is 0.243 e. The molecule has 1 aromatic heterocycles. The van der Waals surface area contributed by atoms with Gasteiger partial charge in [-0.1, -0.05) is 24.3 Å². The van der Waals surface area contributed by atoms with Crippen LogP contribution in [0.5, 0.6) is 0 Å². The molecule has 0 atom stereocenters. The van der Waals surface area contributed by atoms with E-state index in [2.05, 4.69) is 10.00 Å². The molecule has 6 nitrogen and oxygen atoms in total. The van der Waals surface area contributed by atoms with Gasteiger partial charge in [-0.2, -0.15) is 9.40 Å². The van der Waals surface area contributed by atoms with E-state index in [0.717, 1.165) is 50.1 Å². The number of hydrogen-bond donors (Lipinski definition) is 0. The summed E-state index contributed by atoms with van der Waals surface area (Å²) in [5, 5.41) is 4.46. The zero-order valence-corrected chi connectivity index (χ0v) is 17.8. The van der Waals surface area contributed by atoms with Crippen LogP contribution in [0.1, 0.15) is 23.1 Å². The Hall–Kier alpha value is -2.48. The minimum absolute atomic E-state index is 0.445. The number of fused-ring (bicyclic) bond motifs is 1. The van der Waals surface area contributed by atoms with Crippen LogP contribution in [-0.4, -0.2) is 53.6 Å². The first-order valence-electron chi connectivity index (χ1n) is 10.5. The second-order valence-corrected chi connectivity index (χ2v) is 10.0. The predicted molar refractivity (Wildman–Crippen MR) is 116 cm³/mol. The number of hydrogen-bond acceptors (Lipinski definition) is 4. The molecule has 0 amide bonds. The summed E-state index contributed by atoms with van der Waals surface area (Å²) in [4.78, 5) is 2.74. The summed E-state index contributed by atoms with van der Waals surface area (Å²) in [6, 6.07) is 15.7. The summed E-state index contributed by atoms with van der Waals surface area (Å²) < 4.78 is 29.7. The van der Waals surface area contributed by atoms with Crippen LogP contribution in [0.15, 0.2) is 65.8 Å². The van der Waals surface area contributed by atoms with Crippen molar-refractivity contribution in [2.24, 2.45) is 0 Å². The number of benzene rings is 2. The highest BCUT2D eigenvalue weighted by Gasteiger charge is 2.29. The fraction of sp³-hybridized carbons (Fsp3) is 0.348. The molecule has 2 aliphatic rings. The lowest BCUT2D eigenvalue weighted by molar-refractivity contribution is 0.181. The van der Waals surface area contributed by atoms with E-state index in [1.807, 2.05) is 59.5 Å². The standard InChI is InChI=1S/C23H26N4O2S/c28-30(29,23-10-9-20-5-4-6-21(20)15-23)26-13-11-25(12-14-26)17-19-16-24-27(18-19)22-7-2-1-3-8-22/h1-3,7-10,15-16,18H,4-6,11-14,17H2. The van der Waals surface area contributed by atoms with Gasteiger partial charge < -0.3 is 0 Å². The Balaban J connectivity index is 1.22. The molecular weight excluding hydrogens is 396 g/mol. The summed E-state index contributed by atoms with van der Waals surface area (Å²) in [5.74, 6) is 0. The van der Waals surface area contributed by atoms with Gasteiger partial charge in [0.15, 0.2) is 0 Å². The minimum atomic E-state index is -3.42. The molecule has 2 heterocycles. The van der Waals surface area contributed by atoms with Gasteiger partial charge >= 0.3 is 0 Å². The summed E-state index contributed by atoms with van der Waals surface area (Å²) in [5.41, 5.74) is 4.67. The molecule has 5 rings (SSSR count). The van der Waals surface area contributed by atoms with Gasteiger partial charge in [0.05, 0.1) is 16.8 Å². The molecule has 1 aliphatic heterocycles. The third-order valence-corrected chi connectivity index (χ3v) is 8.00. The normalized spacial score (nSPS) is 17.9. The lowest BCUT2D eigenvalue weighted by atomic mass is 10.1. The molecule has 30 heavy (non-hydrogen) atoms. The van der Waals surface area contributed by atoms with Crippen LogP contribution in [0.3, 0.4) is 0 Å². The molecule has 0 bridgehead atoms. The lowest BCUT2D eigenvalue weighted by Gasteiger charge is -2.33. The van der Waals surface area contributed by atoms with Gasteiger partial charge in [-0.3, -0.25) is 4.90 Å². The second kappa shape index (κ2) is 7.98. The van der Waals surface area contributed by atoms with Crippen LogP contribution in [0.25, 0.3) is 5.69 Å². The van der Waals surface area contributed by atoms with E-state index in [1.54, 1.807) is 10.4 Å². The molecule has 0 radical (unpaired) electrons. The Labute approximate surface area is 177 Å². The van der Waals surface area contributed by atoms with Gasteiger partial charge in [0.25, 0.3) is 0 Å². The van der Waals surface area contributed by atoms with Crippen LogP contribution in [0.4, 0.5) is 0 Å².